The molecule has 0 aromatic heterocycles. The van der Waals surface area contributed by atoms with Crippen molar-refractivity contribution in [2.24, 2.45) is 5.41 Å². The summed E-state index contributed by atoms with van der Waals surface area (Å²) in [5.41, 5.74) is 0.0710. The fourth-order valence-electron chi connectivity index (χ4n) is 1.16. The van der Waals surface area contributed by atoms with Crippen molar-refractivity contribution in [3.63, 3.8) is 0 Å². The molecule has 0 saturated heterocycles. The van der Waals surface area contributed by atoms with Crippen molar-refractivity contribution in [3.8, 4) is 0 Å². The first-order valence-electron chi connectivity index (χ1n) is 4.88. The van der Waals surface area contributed by atoms with Crippen molar-refractivity contribution in [1.29, 1.82) is 0 Å². The average molecular weight is 200 g/mol. The number of hydrogen-bond acceptors (Lipinski definition) is 3. The van der Waals surface area contributed by atoms with Crippen LogP contribution in [0.15, 0.2) is 12.2 Å². The highest BCUT2D eigenvalue weighted by molar-refractivity contribution is 5.86. The molecule has 1 atom stereocenters. The number of ether oxygens (including phenoxy) is 1. The highest BCUT2D eigenvalue weighted by atomic mass is 16.5. The van der Waals surface area contributed by atoms with Crippen LogP contribution < -0.4 is 0 Å². The van der Waals surface area contributed by atoms with Crippen LogP contribution >= 0.6 is 0 Å². The Morgan fingerprint density at radius 2 is 2.14 bits per heavy atom. The fraction of sp³-hybridized carbons (Fsp3) is 0.727. The van der Waals surface area contributed by atoms with E-state index in [1.807, 2.05) is 13.8 Å². The van der Waals surface area contributed by atoms with E-state index < -0.39 is 0 Å². The molecule has 0 heterocycles. The van der Waals surface area contributed by atoms with Crippen LogP contribution in [0.3, 0.4) is 0 Å². The monoisotopic (exact) mass is 200 g/mol. The predicted octanol–water partition coefficient (Wildman–Crippen LogP) is 1.90. The second-order valence-corrected chi connectivity index (χ2v) is 4.08. The van der Waals surface area contributed by atoms with Crippen molar-refractivity contribution >= 4 is 5.97 Å². The van der Waals surface area contributed by atoms with Crippen molar-refractivity contribution < 1.29 is 14.6 Å². The van der Waals surface area contributed by atoms with Gasteiger partial charge < -0.3 is 9.84 Å². The highest BCUT2D eigenvalue weighted by Crippen LogP contribution is 2.22. The van der Waals surface area contributed by atoms with Crippen LogP contribution in [0.1, 0.15) is 33.6 Å². The first-order valence-corrected chi connectivity index (χ1v) is 4.88. The van der Waals surface area contributed by atoms with E-state index in [0.717, 1.165) is 12.8 Å². The zero-order chi connectivity index (χ0) is 11.2. The molecule has 3 heteroatoms. The Morgan fingerprint density at radius 1 is 1.57 bits per heavy atom. The standard InChI is InChI=1S/C11H20O3/c1-5-6-11(4,7-12)8-14-10(13)9(2)3/h12H,2,5-8H2,1,3-4H3. The van der Waals surface area contributed by atoms with E-state index in [0.29, 0.717) is 5.57 Å². The van der Waals surface area contributed by atoms with Crippen LogP contribution in [0.5, 0.6) is 0 Å². The van der Waals surface area contributed by atoms with Gasteiger partial charge in [0.05, 0.1) is 13.2 Å². The summed E-state index contributed by atoms with van der Waals surface area (Å²) in [6.07, 6.45) is 1.80. The molecule has 0 bridgehead atoms. The summed E-state index contributed by atoms with van der Waals surface area (Å²) in [4.78, 5) is 11.1. The normalized spacial score (nSPS) is 14.6. The van der Waals surface area contributed by atoms with Gasteiger partial charge in [0.1, 0.15) is 0 Å². The van der Waals surface area contributed by atoms with E-state index >= 15 is 0 Å². The number of carbonyl (C=O) groups excluding carboxylic acids is 1. The topological polar surface area (TPSA) is 46.5 Å². The largest absolute Gasteiger partial charge is 0.462 e. The summed E-state index contributed by atoms with van der Waals surface area (Å²) in [7, 11) is 0. The second-order valence-electron chi connectivity index (χ2n) is 4.08. The molecule has 0 rings (SSSR count). The average Bonchev–Trinajstić information content (AvgIpc) is 2.14. The lowest BCUT2D eigenvalue weighted by atomic mass is 9.88. The molecule has 0 amide bonds. The summed E-state index contributed by atoms with van der Waals surface area (Å²) >= 11 is 0. The Bertz CT molecular complexity index is 211. The third-order valence-electron chi connectivity index (χ3n) is 2.14. The molecular formula is C11H20O3. The van der Waals surface area contributed by atoms with Gasteiger partial charge in [-0.1, -0.05) is 26.8 Å². The van der Waals surface area contributed by atoms with Crippen LogP contribution in [0.4, 0.5) is 0 Å². The zero-order valence-corrected chi connectivity index (χ0v) is 9.30. The minimum atomic E-state index is -0.388. The van der Waals surface area contributed by atoms with Gasteiger partial charge in [-0.3, -0.25) is 0 Å². The van der Waals surface area contributed by atoms with Gasteiger partial charge in [0, 0.05) is 11.0 Å². The summed E-state index contributed by atoms with van der Waals surface area (Å²) < 4.78 is 5.01. The minimum absolute atomic E-state index is 0.0321. The van der Waals surface area contributed by atoms with Gasteiger partial charge in [-0.05, 0) is 13.3 Å². The molecule has 0 saturated carbocycles. The summed E-state index contributed by atoms with van der Waals surface area (Å²) in [5.74, 6) is -0.388. The Morgan fingerprint density at radius 3 is 2.50 bits per heavy atom. The number of hydrogen-bond donors (Lipinski definition) is 1. The lowest BCUT2D eigenvalue weighted by Crippen LogP contribution is -2.29. The van der Waals surface area contributed by atoms with Crippen LogP contribution in [0.25, 0.3) is 0 Å². The SMILES string of the molecule is C=C(C)C(=O)OCC(C)(CO)CCC. The molecule has 0 aromatic carbocycles. The third kappa shape index (κ3) is 4.42. The number of carbonyl (C=O) groups is 1. The molecule has 82 valence electrons. The van der Waals surface area contributed by atoms with E-state index in [1.165, 1.54) is 0 Å². The molecule has 0 spiro atoms. The summed E-state index contributed by atoms with van der Waals surface area (Å²) in [5, 5.41) is 9.15. The van der Waals surface area contributed by atoms with E-state index in [-0.39, 0.29) is 24.6 Å². The Balaban J connectivity index is 4.07. The maximum Gasteiger partial charge on any atom is 0.333 e. The van der Waals surface area contributed by atoms with E-state index in [2.05, 4.69) is 6.58 Å². The predicted molar refractivity (Wildman–Crippen MR) is 55.9 cm³/mol. The first kappa shape index (κ1) is 13.2. The van der Waals surface area contributed by atoms with Crippen molar-refractivity contribution in [2.75, 3.05) is 13.2 Å². The number of esters is 1. The van der Waals surface area contributed by atoms with E-state index in [9.17, 15) is 4.79 Å². The minimum Gasteiger partial charge on any atom is -0.462 e. The van der Waals surface area contributed by atoms with Gasteiger partial charge in [-0.15, -0.1) is 0 Å². The van der Waals surface area contributed by atoms with E-state index in [1.54, 1.807) is 6.92 Å². The molecule has 1 N–H and O–H groups in total. The van der Waals surface area contributed by atoms with Gasteiger partial charge >= 0.3 is 5.97 Å². The quantitative estimate of drug-likeness (QED) is 0.526. The number of rotatable bonds is 6. The zero-order valence-electron chi connectivity index (χ0n) is 9.30. The molecule has 3 nitrogen and oxygen atoms in total. The molecule has 0 aromatic rings. The summed E-state index contributed by atoms with van der Waals surface area (Å²) in [6, 6.07) is 0. The lowest BCUT2D eigenvalue weighted by molar-refractivity contribution is -0.143. The van der Waals surface area contributed by atoms with Crippen molar-refractivity contribution in [2.45, 2.75) is 33.6 Å². The van der Waals surface area contributed by atoms with Gasteiger partial charge in [-0.25, -0.2) is 4.79 Å². The molecule has 0 aliphatic carbocycles. The Kier molecular flexibility index (Phi) is 5.46. The van der Waals surface area contributed by atoms with Crippen LogP contribution in [0, 0.1) is 5.41 Å². The third-order valence-corrected chi connectivity index (χ3v) is 2.14. The maximum absolute atomic E-state index is 11.1. The van der Waals surface area contributed by atoms with Crippen LogP contribution in [-0.2, 0) is 9.53 Å². The Hall–Kier alpha value is -0.830. The molecule has 0 radical (unpaired) electrons. The van der Waals surface area contributed by atoms with Gasteiger partial charge in [0.25, 0.3) is 0 Å². The van der Waals surface area contributed by atoms with Crippen LogP contribution in [-0.4, -0.2) is 24.3 Å². The van der Waals surface area contributed by atoms with Crippen molar-refractivity contribution in [1.82, 2.24) is 0 Å². The van der Waals surface area contributed by atoms with Gasteiger partial charge in [0.15, 0.2) is 0 Å². The van der Waals surface area contributed by atoms with Crippen LogP contribution in [0.2, 0.25) is 0 Å². The smallest absolute Gasteiger partial charge is 0.333 e. The molecule has 14 heavy (non-hydrogen) atoms. The number of aliphatic hydroxyl groups excluding tert-OH is 1. The van der Waals surface area contributed by atoms with Gasteiger partial charge in [0.2, 0.25) is 0 Å². The van der Waals surface area contributed by atoms with Crippen molar-refractivity contribution in [3.05, 3.63) is 12.2 Å². The lowest BCUT2D eigenvalue weighted by Gasteiger charge is -2.26. The maximum atomic E-state index is 11.1. The highest BCUT2D eigenvalue weighted by Gasteiger charge is 2.24. The molecule has 1 unspecified atom stereocenters. The first-order chi connectivity index (χ1) is 6.45. The van der Waals surface area contributed by atoms with Gasteiger partial charge in [-0.2, -0.15) is 0 Å². The molecular weight excluding hydrogens is 180 g/mol. The molecule has 0 aliphatic heterocycles. The summed E-state index contributed by atoms with van der Waals surface area (Å²) in [6.45, 7) is 9.33. The molecule has 0 aliphatic rings. The van der Waals surface area contributed by atoms with E-state index in [4.69, 9.17) is 9.84 Å². The Labute approximate surface area is 85.8 Å². The fourth-order valence-corrected chi connectivity index (χ4v) is 1.16. The number of aliphatic hydroxyl groups is 1. The second kappa shape index (κ2) is 5.81. The molecule has 0 fully saturated rings.